The Kier molecular flexibility index (Phi) is 4.38. The van der Waals surface area contributed by atoms with Gasteiger partial charge in [0.15, 0.2) is 0 Å². The number of nitrogen functional groups attached to an aromatic ring is 1. The number of benzene rings is 1. The van der Waals surface area contributed by atoms with Crippen LogP contribution in [0.2, 0.25) is 0 Å². The molecule has 0 saturated carbocycles. The molecule has 0 radical (unpaired) electrons. The summed E-state index contributed by atoms with van der Waals surface area (Å²) in [6, 6.07) is 8.05. The first-order valence-electron chi connectivity index (χ1n) is 6.88. The van der Waals surface area contributed by atoms with Gasteiger partial charge in [0.1, 0.15) is 0 Å². The van der Waals surface area contributed by atoms with E-state index in [1.54, 1.807) is 0 Å². The van der Waals surface area contributed by atoms with Crippen molar-refractivity contribution in [1.29, 1.82) is 0 Å². The lowest BCUT2D eigenvalue weighted by Gasteiger charge is -2.19. The minimum Gasteiger partial charge on any atom is -0.398 e. The summed E-state index contributed by atoms with van der Waals surface area (Å²) in [6.45, 7) is 6.54. The number of anilines is 1. The van der Waals surface area contributed by atoms with Gasteiger partial charge < -0.3 is 10.6 Å². The fourth-order valence-corrected chi connectivity index (χ4v) is 2.23. The van der Waals surface area contributed by atoms with E-state index in [9.17, 15) is 0 Å². The molecule has 0 aliphatic heterocycles. The van der Waals surface area contributed by atoms with Gasteiger partial charge in [0.2, 0.25) is 0 Å². The maximum absolute atomic E-state index is 6.00. The molecular weight excluding hydrogens is 234 g/mol. The van der Waals surface area contributed by atoms with E-state index in [2.05, 4.69) is 36.8 Å². The Bertz CT molecular complexity index is 549. The van der Waals surface area contributed by atoms with E-state index in [4.69, 9.17) is 5.73 Å². The number of aromatic nitrogens is 1. The van der Waals surface area contributed by atoms with E-state index in [-0.39, 0.29) is 0 Å². The smallest absolute Gasteiger partial charge is 0.0767 e. The summed E-state index contributed by atoms with van der Waals surface area (Å²) < 4.78 is 0. The molecule has 0 bridgehead atoms. The third kappa shape index (κ3) is 3.44. The Hall–Kier alpha value is -1.61. The first-order valence-corrected chi connectivity index (χ1v) is 6.88. The molecule has 0 aliphatic rings. The zero-order chi connectivity index (χ0) is 13.8. The van der Waals surface area contributed by atoms with Crippen LogP contribution in [-0.4, -0.2) is 23.5 Å². The minimum absolute atomic E-state index is 0.740. The van der Waals surface area contributed by atoms with Crippen LogP contribution in [0.1, 0.15) is 25.8 Å². The Balaban J connectivity index is 2.19. The Morgan fingerprint density at radius 1 is 1.26 bits per heavy atom. The van der Waals surface area contributed by atoms with Crippen molar-refractivity contribution in [2.24, 2.45) is 5.92 Å². The van der Waals surface area contributed by atoms with Crippen LogP contribution in [0.4, 0.5) is 5.69 Å². The number of hydrogen-bond donors (Lipinski definition) is 1. The van der Waals surface area contributed by atoms with Gasteiger partial charge in [-0.1, -0.05) is 19.9 Å². The molecule has 0 fully saturated rings. The quantitative estimate of drug-likeness (QED) is 0.836. The highest BCUT2D eigenvalue weighted by Crippen LogP contribution is 2.23. The van der Waals surface area contributed by atoms with Crippen molar-refractivity contribution in [3.63, 3.8) is 0 Å². The lowest BCUT2D eigenvalue weighted by molar-refractivity contribution is 0.304. The van der Waals surface area contributed by atoms with E-state index in [0.717, 1.165) is 35.6 Å². The van der Waals surface area contributed by atoms with Crippen LogP contribution < -0.4 is 5.73 Å². The summed E-state index contributed by atoms with van der Waals surface area (Å²) in [5.41, 5.74) is 9.08. The predicted octanol–water partition coefficient (Wildman–Crippen LogP) is 3.29. The molecule has 1 heterocycles. The van der Waals surface area contributed by atoms with Crippen molar-refractivity contribution in [3.8, 4) is 0 Å². The van der Waals surface area contributed by atoms with Crippen LogP contribution in [-0.2, 0) is 6.54 Å². The van der Waals surface area contributed by atoms with Crippen molar-refractivity contribution >= 4 is 16.6 Å². The van der Waals surface area contributed by atoms with Crippen LogP contribution in [0.15, 0.2) is 30.5 Å². The number of pyridine rings is 1. The summed E-state index contributed by atoms with van der Waals surface area (Å²) >= 11 is 0. The first-order chi connectivity index (χ1) is 9.08. The Morgan fingerprint density at radius 2 is 2.05 bits per heavy atom. The molecule has 2 aromatic rings. The molecule has 2 rings (SSSR count). The second-order valence-electron chi connectivity index (χ2n) is 5.63. The summed E-state index contributed by atoms with van der Waals surface area (Å²) in [7, 11) is 2.16. The highest BCUT2D eigenvalue weighted by molar-refractivity contribution is 5.92. The van der Waals surface area contributed by atoms with E-state index in [0.29, 0.717) is 0 Å². The standard InChI is InChI=1S/C16H23N3/c1-12(2)8-10-19(3)11-13-6-7-15(17)14-5-4-9-18-16(13)14/h4-7,9,12H,8,10-11,17H2,1-3H3. The molecule has 0 atom stereocenters. The zero-order valence-electron chi connectivity index (χ0n) is 12.1. The molecule has 0 amide bonds. The van der Waals surface area contributed by atoms with Gasteiger partial charge in [-0.2, -0.15) is 0 Å². The molecule has 1 aromatic heterocycles. The van der Waals surface area contributed by atoms with Gasteiger partial charge in [-0.3, -0.25) is 4.98 Å². The minimum atomic E-state index is 0.740. The maximum Gasteiger partial charge on any atom is 0.0767 e. The molecule has 102 valence electrons. The molecule has 3 heteroatoms. The van der Waals surface area contributed by atoms with Gasteiger partial charge in [-0.25, -0.2) is 0 Å². The summed E-state index contributed by atoms with van der Waals surface area (Å²) in [4.78, 5) is 6.83. The number of nitrogens with two attached hydrogens (primary N) is 1. The second kappa shape index (κ2) is 6.02. The lowest BCUT2D eigenvalue weighted by Crippen LogP contribution is -2.20. The number of hydrogen-bond acceptors (Lipinski definition) is 3. The van der Waals surface area contributed by atoms with Crippen molar-refractivity contribution in [2.75, 3.05) is 19.3 Å². The van der Waals surface area contributed by atoms with Gasteiger partial charge in [0, 0.05) is 23.8 Å². The van der Waals surface area contributed by atoms with Gasteiger partial charge in [-0.15, -0.1) is 0 Å². The zero-order valence-corrected chi connectivity index (χ0v) is 12.1. The highest BCUT2D eigenvalue weighted by Gasteiger charge is 2.08. The Labute approximate surface area is 115 Å². The molecule has 19 heavy (non-hydrogen) atoms. The monoisotopic (exact) mass is 257 g/mol. The first kappa shape index (κ1) is 13.8. The van der Waals surface area contributed by atoms with Gasteiger partial charge in [-0.05, 0) is 49.7 Å². The van der Waals surface area contributed by atoms with Crippen molar-refractivity contribution in [3.05, 3.63) is 36.0 Å². The topological polar surface area (TPSA) is 42.1 Å². The van der Waals surface area contributed by atoms with E-state index in [1.807, 2.05) is 24.4 Å². The second-order valence-corrected chi connectivity index (χ2v) is 5.63. The maximum atomic E-state index is 6.00. The van der Waals surface area contributed by atoms with Gasteiger partial charge in [0.25, 0.3) is 0 Å². The molecule has 0 saturated heterocycles. The number of rotatable bonds is 5. The average molecular weight is 257 g/mol. The average Bonchev–Trinajstić information content (AvgIpc) is 2.40. The van der Waals surface area contributed by atoms with Gasteiger partial charge in [0.05, 0.1) is 5.52 Å². The molecule has 0 spiro atoms. The van der Waals surface area contributed by atoms with Crippen LogP contribution in [0.25, 0.3) is 10.9 Å². The largest absolute Gasteiger partial charge is 0.398 e. The van der Waals surface area contributed by atoms with Crippen LogP contribution in [0, 0.1) is 5.92 Å². The molecule has 0 aliphatic carbocycles. The molecular formula is C16H23N3. The number of nitrogens with zero attached hydrogens (tertiary/aromatic N) is 2. The number of fused-ring (bicyclic) bond motifs is 1. The Morgan fingerprint density at radius 3 is 2.79 bits per heavy atom. The molecule has 3 nitrogen and oxygen atoms in total. The third-order valence-corrected chi connectivity index (χ3v) is 3.42. The van der Waals surface area contributed by atoms with Crippen molar-refractivity contribution in [1.82, 2.24) is 9.88 Å². The summed E-state index contributed by atoms with van der Waals surface area (Å²) in [6.07, 6.45) is 3.05. The van der Waals surface area contributed by atoms with Gasteiger partial charge >= 0.3 is 0 Å². The van der Waals surface area contributed by atoms with Crippen molar-refractivity contribution in [2.45, 2.75) is 26.8 Å². The summed E-state index contributed by atoms with van der Waals surface area (Å²) in [5.74, 6) is 0.740. The van der Waals surface area contributed by atoms with E-state index < -0.39 is 0 Å². The normalized spacial score (nSPS) is 11.6. The fourth-order valence-electron chi connectivity index (χ4n) is 2.23. The molecule has 0 unspecified atom stereocenters. The van der Waals surface area contributed by atoms with Crippen LogP contribution >= 0.6 is 0 Å². The fraction of sp³-hybridized carbons (Fsp3) is 0.438. The molecule has 1 aromatic carbocycles. The van der Waals surface area contributed by atoms with E-state index in [1.165, 1.54) is 12.0 Å². The van der Waals surface area contributed by atoms with E-state index >= 15 is 0 Å². The third-order valence-electron chi connectivity index (χ3n) is 3.42. The summed E-state index contributed by atoms with van der Waals surface area (Å²) in [5, 5.41) is 1.05. The molecule has 2 N–H and O–H groups in total. The van der Waals surface area contributed by atoms with Crippen LogP contribution in [0.3, 0.4) is 0 Å². The predicted molar refractivity (Wildman–Crippen MR) is 81.9 cm³/mol. The SMILES string of the molecule is CC(C)CCN(C)Cc1ccc(N)c2cccnc12. The highest BCUT2D eigenvalue weighted by atomic mass is 15.1. The lowest BCUT2D eigenvalue weighted by atomic mass is 10.1. The van der Waals surface area contributed by atoms with Crippen molar-refractivity contribution < 1.29 is 0 Å². The van der Waals surface area contributed by atoms with Crippen LogP contribution in [0.5, 0.6) is 0 Å².